The van der Waals surface area contributed by atoms with Gasteiger partial charge < -0.3 is 11.1 Å². The van der Waals surface area contributed by atoms with Crippen molar-refractivity contribution in [3.05, 3.63) is 59.1 Å². The minimum absolute atomic E-state index is 0.0806. The molecule has 0 aliphatic heterocycles. The summed E-state index contributed by atoms with van der Waals surface area (Å²) < 4.78 is 0. The van der Waals surface area contributed by atoms with Crippen LogP contribution in [-0.2, 0) is 11.2 Å². The zero-order valence-corrected chi connectivity index (χ0v) is 10.4. The predicted octanol–water partition coefficient (Wildman–Crippen LogP) is 3.10. The Hall–Kier alpha value is -2.00. The number of hydrogen-bond donors (Lipinski definition) is 2. The predicted molar refractivity (Wildman–Crippen MR) is 74.6 cm³/mol. The minimum Gasteiger partial charge on any atom is -0.397 e. The van der Waals surface area contributed by atoms with Gasteiger partial charge in [-0.15, -0.1) is 0 Å². The standard InChI is InChI=1S/C14H13ClN2O/c15-12-7-6-11(9-13(12)16)17-14(18)8-10-4-2-1-3-5-10/h1-7,9H,8,16H2,(H,17,18). The first-order valence-corrected chi connectivity index (χ1v) is 5.92. The third-order valence-corrected chi connectivity index (χ3v) is 2.83. The first-order chi connectivity index (χ1) is 8.65. The number of carbonyl (C=O) groups is 1. The molecule has 0 bridgehead atoms. The van der Waals surface area contributed by atoms with Gasteiger partial charge >= 0.3 is 0 Å². The highest BCUT2D eigenvalue weighted by atomic mass is 35.5. The van der Waals surface area contributed by atoms with Crippen LogP contribution < -0.4 is 11.1 Å². The molecule has 92 valence electrons. The van der Waals surface area contributed by atoms with Crippen LogP contribution in [0.5, 0.6) is 0 Å². The summed E-state index contributed by atoms with van der Waals surface area (Å²) in [4.78, 5) is 11.8. The maximum Gasteiger partial charge on any atom is 0.228 e. The summed E-state index contributed by atoms with van der Waals surface area (Å²) in [5.41, 5.74) is 7.74. The summed E-state index contributed by atoms with van der Waals surface area (Å²) in [6, 6.07) is 14.6. The highest BCUT2D eigenvalue weighted by Gasteiger charge is 2.05. The van der Waals surface area contributed by atoms with Crippen LogP contribution in [0, 0.1) is 0 Å². The summed E-state index contributed by atoms with van der Waals surface area (Å²) in [6.45, 7) is 0. The maximum absolute atomic E-state index is 11.8. The van der Waals surface area contributed by atoms with Crippen molar-refractivity contribution in [2.24, 2.45) is 0 Å². The van der Waals surface area contributed by atoms with Crippen molar-refractivity contribution in [1.82, 2.24) is 0 Å². The highest BCUT2D eigenvalue weighted by Crippen LogP contribution is 2.22. The molecule has 0 fully saturated rings. The second kappa shape index (κ2) is 5.56. The SMILES string of the molecule is Nc1cc(NC(=O)Cc2ccccc2)ccc1Cl. The highest BCUT2D eigenvalue weighted by molar-refractivity contribution is 6.33. The molecule has 0 saturated heterocycles. The zero-order valence-electron chi connectivity index (χ0n) is 9.69. The van der Waals surface area contributed by atoms with Crippen molar-refractivity contribution in [2.75, 3.05) is 11.1 Å². The Morgan fingerprint density at radius 3 is 2.56 bits per heavy atom. The van der Waals surface area contributed by atoms with Crippen LogP contribution in [0.4, 0.5) is 11.4 Å². The molecule has 0 atom stereocenters. The number of anilines is 2. The molecule has 0 spiro atoms. The van der Waals surface area contributed by atoms with E-state index >= 15 is 0 Å². The van der Waals surface area contributed by atoms with Crippen LogP contribution in [0.2, 0.25) is 5.02 Å². The number of nitrogens with two attached hydrogens (primary N) is 1. The lowest BCUT2D eigenvalue weighted by Crippen LogP contribution is -2.14. The van der Waals surface area contributed by atoms with E-state index in [0.29, 0.717) is 22.8 Å². The molecule has 0 aliphatic carbocycles. The number of carbonyl (C=O) groups excluding carboxylic acids is 1. The quantitative estimate of drug-likeness (QED) is 0.833. The molecule has 0 radical (unpaired) electrons. The molecular formula is C14H13ClN2O. The summed E-state index contributed by atoms with van der Waals surface area (Å²) in [6.07, 6.45) is 0.337. The largest absolute Gasteiger partial charge is 0.397 e. The normalized spacial score (nSPS) is 10.1. The van der Waals surface area contributed by atoms with E-state index in [1.807, 2.05) is 30.3 Å². The van der Waals surface area contributed by atoms with E-state index in [9.17, 15) is 4.79 Å². The van der Waals surface area contributed by atoms with Gasteiger partial charge in [-0.3, -0.25) is 4.79 Å². The number of rotatable bonds is 3. The molecule has 18 heavy (non-hydrogen) atoms. The van der Waals surface area contributed by atoms with E-state index in [-0.39, 0.29) is 5.91 Å². The molecule has 0 heterocycles. The molecule has 0 saturated carbocycles. The molecule has 2 aromatic carbocycles. The van der Waals surface area contributed by atoms with Gasteiger partial charge in [-0.25, -0.2) is 0 Å². The second-order valence-corrected chi connectivity index (χ2v) is 4.35. The fourth-order valence-electron chi connectivity index (χ4n) is 1.61. The summed E-state index contributed by atoms with van der Waals surface area (Å²) >= 11 is 5.81. The van der Waals surface area contributed by atoms with Crippen molar-refractivity contribution in [3.63, 3.8) is 0 Å². The van der Waals surface area contributed by atoms with Crippen LogP contribution in [0.15, 0.2) is 48.5 Å². The Balaban J connectivity index is 2.01. The Morgan fingerprint density at radius 1 is 1.17 bits per heavy atom. The average molecular weight is 261 g/mol. The van der Waals surface area contributed by atoms with Gasteiger partial charge in [-0.05, 0) is 23.8 Å². The van der Waals surface area contributed by atoms with Gasteiger partial charge in [0.05, 0.1) is 17.1 Å². The third-order valence-electron chi connectivity index (χ3n) is 2.49. The van der Waals surface area contributed by atoms with E-state index in [0.717, 1.165) is 5.56 Å². The third kappa shape index (κ3) is 3.25. The number of nitrogens with one attached hydrogen (secondary N) is 1. The average Bonchev–Trinajstić information content (AvgIpc) is 2.35. The van der Waals surface area contributed by atoms with Gasteiger partial charge in [0.25, 0.3) is 0 Å². The summed E-state index contributed by atoms with van der Waals surface area (Å²) in [5.74, 6) is -0.0806. The molecule has 3 nitrogen and oxygen atoms in total. The van der Waals surface area contributed by atoms with E-state index in [1.54, 1.807) is 18.2 Å². The first kappa shape index (κ1) is 12.5. The van der Waals surface area contributed by atoms with Gasteiger partial charge in [-0.2, -0.15) is 0 Å². The van der Waals surface area contributed by atoms with E-state index in [2.05, 4.69) is 5.32 Å². The summed E-state index contributed by atoms with van der Waals surface area (Å²) in [5, 5.41) is 3.26. The molecule has 2 rings (SSSR count). The lowest BCUT2D eigenvalue weighted by molar-refractivity contribution is -0.115. The molecule has 1 amide bonds. The van der Waals surface area contributed by atoms with Gasteiger partial charge in [0.1, 0.15) is 0 Å². The lowest BCUT2D eigenvalue weighted by atomic mass is 10.1. The molecule has 0 aliphatic rings. The van der Waals surface area contributed by atoms with Gasteiger partial charge in [0, 0.05) is 5.69 Å². The van der Waals surface area contributed by atoms with E-state index < -0.39 is 0 Å². The fourth-order valence-corrected chi connectivity index (χ4v) is 1.73. The second-order valence-electron chi connectivity index (χ2n) is 3.95. The Bertz CT molecular complexity index is 555. The topological polar surface area (TPSA) is 55.1 Å². The summed E-state index contributed by atoms with van der Waals surface area (Å²) in [7, 11) is 0. The van der Waals surface area contributed by atoms with Gasteiger partial charge in [0.15, 0.2) is 0 Å². The molecule has 4 heteroatoms. The van der Waals surface area contributed by atoms with Crippen molar-refractivity contribution in [1.29, 1.82) is 0 Å². The molecule has 0 unspecified atom stereocenters. The maximum atomic E-state index is 11.8. The Morgan fingerprint density at radius 2 is 1.89 bits per heavy atom. The number of amides is 1. The van der Waals surface area contributed by atoms with E-state index in [1.165, 1.54) is 0 Å². The molecule has 0 aromatic heterocycles. The Labute approximate surface area is 111 Å². The minimum atomic E-state index is -0.0806. The zero-order chi connectivity index (χ0) is 13.0. The lowest BCUT2D eigenvalue weighted by Gasteiger charge is -2.07. The number of benzene rings is 2. The van der Waals surface area contributed by atoms with Crippen LogP contribution in [0.3, 0.4) is 0 Å². The monoisotopic (exact) mass is 260 g/mol. The molecular weight excluding hydrogens is 248 g/mol. The van der Waals surface area contributed by atoms with Crippen LogP contribution >= 0.6 is 11.6 Å². The fraction of sp³-hybridized carbons (Fsp3) is 0.0714. The Kier molecular flexibility index (Phi) is 3.85. The molecule has 2 aromatic rings. The van der Waals surface area contributed by atoms with Gasteiger partial charge in [0.2, 0.25) is 5.91 Å². The smallest absolute Gasteiger partial charge is 0.228 e. The number of nitrogen functional groups attached to an aromatic ring is 1. The van der Waals surface area contributed by atoms with Crippen molar-refractivity contribution < 1.29 is 4.79 Å². The van der Waals surface area contributed by atoms with Gasteiger partial charge in [-0.1, -0.05) is 41.9 Å². The van der Waals surface area contributed by atoms with Crippen LogP contribution in [-0.4, -0.2) is 5.91 Å². The molecule has 3 N–H and O–H groups in total. The van der Waals surface area contributed by atoms with Crippen molar-refractivity contribution in [3.8, 4) is 0 Å². The van der Waals surface area contributed by atoms with Crippen LogP contribution in [0.1, 0.15) is 5.56 Å². The van der Waals surface area contributed by atoms with Crippen molar-refractivity contribution >= 4 is 28.9 Å². The number of halogens is 1. The first-order valence-electron chi connectivity index (χ1n) is 5.54. The number of hydrogen-bond acceptors (Lipinski definition) is 2. The van der Waals surface area contributed by atoms with Crippen molar-refractivity contribution in [2.45, 2.75) is 6.42 Å². The van der Waals surface area contributed by atoms with E-state index in [4.69, 9.17) is 17.3 Å². The van der Waals surface area contributed by atoms with Crippen LogP contribution in [0.25, 0.3) is 0 Å².